The van der Waals surface area contributed by atoms with Crippen molar-refractivity contribution in [1.82, 2.24) is 4.98 Å². The number of rotatable bonds is 3. The van der Waals surface area contributed by atoms with E-state index in [0.717, 1.165) is 35.5 Å². The number of hydrogen-bond donors (Lipinski definition) is 0. The Kier molecular flexibility index (Phi) is 2.68. The summed E-state index contributed by atoms with van der Waals surface area (Å²) in [6.07, 6.45) is 2.98. The van der Waals surface area contributed by atoms with Crippen molar-refractivity contribution >= 4 is 11.3 Å². The van der Waals surface area contributed by atoms with Crippen LogP contribution >= 0.6 is 11.3 Å². The summed E-state index contributed by atoms with van der Waals surface area (Å²) in [5.41, 5.74) is 3.19. The summed E-state index contributed by atoms with van der Waals surface area (Å²) in [4.78, 5) is 4.64. The molecule has 3 rings (SSSR count). The van der Waals surface area contributed by atoms with Gasteiger partial charge in [-0.05, 0) is 24.8 Å². The van der Waals surface area contributed by atoms with Crippen molar-refractivity contribution in [1.29, 1.82) is 5.26 Å². The Hall–Kier alpha value is -1.66. The topological polar surface area (TPSA) is 36.7 Å². The molecule has 1 saturated carbocycles. The standard InChI is InChI=1S/C15H14N2S/c1-2-11-3-5-12(6-4-11)14-17-13(9-18-14)15(10-16)7-8-15/h3-6,9H,2,7-8H2,1H3. The zero-order valence-corrected chi connectivity index (χ0v) is 11.1. The van der Waals surface area contributed by atoms with Gasteiger partial charge in [0.15, 0.2) is 0 Å². The van der Waals surface area contributed by atoms with Crippen LogP contribution in [0, 0.1) is 11.3 Å². The molecule has 1 heterocycles. The minimum Gasteiger partial charge on any atom is -0.239 e. The molecule has 0 amide bonds. The van der Waals surface area contributed by atoms with E-state index in [4.69, 9.17) is 0 Å². The lowest BCUT2D eigenvalue weighted by atomic mass is 10.1. The van der Waals surface area contributed by atoms with Gasteiger partial charge in [-0.3, -0.25) is 0 Å². The smallest absolute Gasteiger partial charge is 0.123 e. The van der Waals surface area contributed by atoms with Crippen molar-refractivity contribution < 1.29 is 0 Å². The van der Waals surface area contributed by atoms with Crippen molar-refractivity contribution in [3.63, 3.8) is 0 Å². The highest BCUT2D eigenvalue weighted by Crippen LogP contribution is 2.48. The summed E-state index contributed by atoms with van der Waals surface area (Å²) in [7, 11) is 0. The maximum Gasteiger partial charge on any atom is 0.123 e. The molecule has 1 aliphatic carbocycles. The van der Waals surface area contributed by atoms with E-state index >= 15 is 0 Å². The number of nitriles is 1. The van der Waals surface area contributed by atoms with Crippen molar-refractivity contribution in [2.24, 2.45) is 0 Å². The largest absolute Gasteiger partial charge is 0.239 e. The normalized spacial score (nSPS) is 16.2. The Bertz CT molecular complexity index is 600. The molecule has 1 aromatic carbocycles. The van der Waals surface area contributed by atoms with Gasteiger partial charge in [0.05, 0.1) is 11.8 Å². The summed E-state index contributed by atoms with van der Waals surface area (Å²) < 4.78 is 0. The van der Waals surface area contributed by atoms with Gasteiger partial charge in [0, 0.05) is 10.9 Å². The van der Waals surface area contributed by atoms with Crippen LogP contribution in [0.3, 0.4) is 0 Å². The summed E-state index contributed by atoms with van der Waals surface area (Å²) >= 11 is 1.64. The van der Waals surface area contributed by atoms with Crippen molar-refractivity contribution in [3.8, 4) is 16.6 Å². The van der Waals surface area contributed by atoms with Crippen molar-refractivity contribution in [2.75, 3.05) is 0 Å². The fourth-order valence-electron chi connectivity index (χ4n) is 2.06. The lowest BCUT2D eigenvalue weighted by molar-refractivity contribution is 0.868. The Balaban J connectivity index is 1.91. The molecule has 0 unspecified atom stereocenters. The Morgan fingerprint density at radius 2 is 2.06 bits per heavy atom. The molecule has 0 radical (unpaired) electrons. The first-order chi connectivity index (χ1) is 8.77. The maximum atomic E-state index is 9.17. The van der Waals surface area contributed by atoms with Crippen LogP contribution in [-0.4, -0.2) is 4.98 Å². The molecule has 1 aromatic heterocycles. The molecule has 1 aliphatic rings. The average molecular weight is 254 g/mol. The van der Waals surface area contributed by atoms with Gasteiger partial charge in [-0.2, -0.15) is 5.26 Å². The van der Waals surface area contributed by atoms with Gasteiger partial charge in [0.25, 0.3) is 0 Å². The second-order valence-electron chi connectivity index (χ2n) is 4.78. The third kappa shape index (κ3) is 1.83. The molecule has 2 nitrogen and oxygen atoms in total. The average Bonchev–Trinajstić information content (AvgIpc) is 3.08. The number of nitrogens with zero attached hydrogens (tertiary/aromatic N) is 2. The highest BCUT2D eigenvalue weighted by Gasteiger charge is 2.46. The number of aromatic nitrogens is 1. The van der Waals surface area contributed by atoms with E-state index in [-0.39, 0.29) is 5.41 Å². The lowest BCUT2D eigenvalue weighted by Crippen LogP contribution is -2.02. The third-order valence-corrected chi connectivity index (χ3v) is 4.46. The van der Waals surface area contributed by atoms with Gasteiger partial charge < -0.3 is 0 Å². The Morgan fingerprint density at radius 1 is 1.33 bits per heavy atom. The van der Waals surface area contributed by atoms with E-state index in [0.29, 0.717) is 0 Å². The molecular weight excluding hydrogens is 240 g/mol. The van der Waals surface area contributed by atoms with Gasteiger partial charge >= 0.3 is 0 Å². The second kappa shape index (κ2) is 4.22. The molecule has 0 N–H and O–H groups in total. The van der Waals surface area contributed by atoms with E-state index in [9.17, 15) is 5.26 Å². The monoisotopic (exact) mass is 254 g/mol. The second-order valence-corrected chi connectivity index (χ2v) is 5.64. The SMILES string of the molecule is CCc1ccc(-c2nc(C3(C#N)CC3)cs2)cc1. The zero-order valence-electron chi connectivity index (χ0n) is 10.3. The fraction of sp³-hybridized carbons (Fsp3) is 0.333. The van der Waals surface area contributed by atoms with Crippen LogP contribution < -0.4 is 0 Å². The highest BCUT2D eigenvalue weighted by atomic mass is 32.1. The lowest BCUT2D eigenvalue weighted by Gasteiger charge is -2.00. The van der Waals surface area contributed by atoms with Gasteiger partial charge in [-0.25, -0.2) is 4.98 Å². The van der Waals surface area contributed by atoms with Gasteiger partial charge in [0.1, 0.15) is 10.4 Å². The number of thiazole rings is 1. The first-order valence-corrected chi connectivity index (χ1v) is 7.12. The van der Waals surface area contributed by atoms with E-state index < -0.39 is 0 Å². The first kappa shape index (κ1) is 11.4. The highest BCUT2D eigenvalue weighted by molar-refractivity contribution is 7.13. The molecule has 90 valence electrons. The molecule has 0 spiro atoms. The predicted molar refractivity (Wildman–Crippen MR) is 73.5 cm³/mol. The van der Waals surface area contributed by atoms with E-state index in [1.54, 1.807) is 11.3 Å². The quantitative estimate of drug-likeness (QED) is 0.832. The van der Waals surface area contributed by atoms with Crippen LogP contribution in [0.5, 0.6) is 0 Å². The zero-order chi connectivity index (χ0) is 12.6. The molecule has 0 atom stereocenters. The van der Waals surface area contributed by atoms with Crippen LogP contribution in [-0.2, 0) is 11.8 Å². The minimum atomic E-state index is -0.266. The van der Waals surface area contributed by atoms with Crippen LogP contribution in [0.25, 0.3) is 10.6 Å². The first-order valence-electron chi connectivity index (χ1n) is 6.24. The van der Waals surface area contributed by atoms with Gasteiger partial charge in [-0.1, -0.05) is 31.2 Å². The molecule has 0 saturated heterocycles. The Labute approximate surface area is 111 Å². The van der Waals surface area contributed by atoms with E-state index in [2.05, 4.69) is 42.2 Å². The fourth-order valence-corrected chi connectivity index (χ4v) is 2.98. The summed E-state index contributed by atoms with van der Waals surface area (Å²) in [5, 5.41) is 12.2. The summed E-state index contributed by atoms with van der Waals surface area (Å²) in [6, 6.07) is 10.9. The summed E-state index contributed by atoms with van der Waals surface area (Å²) in [6.45, 7) is 2.15. The van der Waals surface area contributed by atoms with Crippen LogP contribution in [0.1, 0.15) is 31.0 Å². The number of benzene rings is 1. The van der Waals surface area contributed by atoms with Crippen LogP contribution in [0.15, 0.2) is 29.6 Å². The number of aryl methyl sites for hydroxylation is 1. The molecule has 0 bridgehead atoms. The van der Waals surface area contributed by atoms with Crippen LogP contribution in [0.2, 0.25) is 0 Å². The van der Waals surface area contributed by atoms with Crippen molar-refractivity contribution in [3.05, 3.63) is 40.9 Å². The predicted octanol–water partition coefficient (Wildman–Crippen LogP) is 3.93. The minimum absolute atomic E-state index is 0.266. The molecule has 0 aliphatic heterocycles. The molecular formula is C15H14N2S. The third-order valence-electron chi connectivity index (χ3n) is 3.57. The van der Waals surface area contributed by atoms with E-state index in [1.165, 1.54) is 5.56 Å². The number of hydrogen-bond acceptors (Lipinski definition) is 3. The van der Waals surface area contributed by atoms with Gasteiger partial charge in [0.2, 0.25) is 0 Å². The van der Waals surface area contributed by atoms with Crippen LogP contribution in [0.4, 0.5) is 0 Å². The maximum absolute atomic E-state index is 9.17. The van der Waals surface area contributed by atoms with Gasteiger partial charge in [-0.15, -0.1) is 11.3 Å². The molecule has 2 aromatic rings. The Morgan fingerprint density at radius 3 is 2.61 bits per heavy atom. The molecule has 1 fully saturated rings. The summed E-state index contributed by atoms with van der Waals surface area (Å²) in [5.74, 6) is 0. The molecule has 18 heavy (non-hydrogen) atoms. The van der Waals surface area contributed by atoms with E-state index in [1.807, 2.05) is 5.38 Å². The molecule has 3 heteroatoms. The van der Waals surface area contributed by atoms with Crippen molar-refractivity contribution in [2.45, 2.75) is 31.6 Å².